The summed E-state index contributed by atoms with van der Waals surface area (Å²) >= 11 is 0. The zero-order chi connectivity index (χ0) is 13.4. The zero-order valence-corrected chi connectivity index (χ0v) is 10.6. The summed E-state index contributed by atoms with van der Waals surface area (Å²) < 4.78 is 0. The van der Waals surface area contributed by atoms with Crippen LogP contribution in [0.5, 0.6) is 0 Å². The summed E-state index contributed by atoms with van der Waals surface area (Å²) in [5, 5.41) is 17.3. The number of aliphatic carboxylic acids is 1. The van der Waals surface area contributed by atoms with Gasteiger partial charge in [-0.3, -0.25) is 4.79 Å². The first-order chi connectivity index (χ1) is 8.63. The van der Waals surface area contributed by atoms with E-state index >= 15 is 0 Å². The van der Waals surface area contributed by atoms with Gasteiger partial charge in [-0.2, -0.15) is 5.26 Å². The summed E-state index contributed by atoms with van der Waals surface area (Å²) in [6.07, 6.45) is 2.84. The smallest absolute Gasteiger partial charge is 0.303 e. The molecule has 0 aliphatic rings. The summed E-state index contributed by atoms with van der Waals surface area (Å²) in [4.78, 5) is 12.4. The molecule has 0 radical (unpaired) electrons. The van der Waals surface area contributed by atoms with Crippen LogP contribution in [0.25, 0.3) is 0 Å². The maximum absolute atomic E-state index is 10.3. The van der Waals surface area contributed by atoms with Crippen LogP contribution in [0.15, 0.2) is 24.3 Å². The molecule has 0 saturated heterocycles. The van der Waals surface area contributed by atoms with E-state index in [4.69, 9.17) is 10.4 Å². The van der Waals surface area contributed by atoms with E-state index in [2.05, 4.69) is 11.0 Å². The Morgan fingerprint density at radius 3 is 2.83 bits per heavy atom. The van der Waals surface area contributed by atoms with Crippen molar-refractivity contribution in [2.45, 2.75) is 25.7 Å². The Balaban J connectivity index is 2.34. The van der Waals surface area contributed by atoms with E-state index < -0.39 is 5.97 Å². The molecule has 96 valence electrons. The highest BCUT2D eigenvalue weighted by Gasteiger charge is 2.02. The molecular formula is C14H18N2O2. The van der Waals surface area contributed by atoms with Crippen molar-refractivity contribution in [3.8, 4) is 6.07 Å². The molecule has 4 heteroatoms. The molecule has 0 aliphatic carbocycles. The topological polar surface area (TPSA) is 64.3 Å². The molecule has 0 aliphatic heterocycles. The molecule has 1 rings (SSSR count). The SMILES string of the molecule is CN(CCCCCC(=O)O)c1cccc(C#N)c1. The van der Waals surface area contributed by atoms with Gasteiger partial charge in [-0.25, -0.2) is 0 Å². The second-order valence-corrected chi connectivity index (χ2v) is 4.29. The van der Waals surface area contributed by atoms with E-state index in [9.17, 15) is 4.79 Å². The number of hydrogen-bond donors (Lipinski definition) is 1. The van der Waals surface area contributed by atoms with Crippen molar-refractivity contribution in [2.24, 2.45) is 0 Å². The van der Waals surface area contributed by atoms with Crippen molar-refractivity contribution >= 4 is 11.7 Å². The lowest BCUT2D eigenvalue weighted by atomic mass is 10.1. The Morgan fingerprint density at radius 2 is 2.17 bits per heavy atom. The number of carboxylic acids is 1. The fourth-order valence-corrected chi connectivity index (χ4v) is 1.74. The quantitative estimate of drug-likeness (QED) is 0.751. The lowest BCUT2D eigenvalue weighted by Crippen LogP contribution is -2.18. The minimum absolute atomic E-state index is 0.244. The number of nitrogens with zero attached hydrogens (tertiary/aromatic N) is 2. The van der Waals surface area contributed by atoms with Crippen molar-refractivity contribution < 1.29 is 9.90 Å². The van der Waals surface area contributed by atoms with Gasteiger partial charge in [-0.05, 0) is 31.0 Å². The number of unbranched alkanes of at least 4 members (excludes halogenated alkanes) is 2. The summed E-state index contributed by atoms with van der Waals surface area (Å²) in [6, 6.07) is 9.60. The Labute approximate surface area is 107 Å². The van der Waals surface area contributed by atoms with Gasteiger partial charge in [0, 0.05) is 25.7 Å². The average Bonchev–Trinajstić information content (AvgIpc) is 2.37. The van der Waals surface area contributed by atoms with E-state index in [1.807, 2.05) is 25.2 Å². The third-order valence-electron chi connectivity index (χ3n) is 2.80. The van der Waals surface area contributed by atoms with Gasteiger partial charge in [0.2, 0.25) is 0 Å². The third-order valence-corrected chi connectivity index (χ3v) is 2.80. The molecule has 1 aromatic rings. The fraction of sp³-hybridized carbons (Fsp3) is 0.429. The molecule has 0 amide bonds. The molecule has 0 saturated carbocycles. The van der Waals surface area contributed by atoms with E-state index in [1.54, 1.807) is 6.07 Å². The number of nitriles is 1. The second kappa shape index (κ2) is 7.33. The van der Waals surface area contributed by atoms with Crippen LogP contribution < -0.4 is 4.90 Å². The molecule has 0 fully saturated rings. The maximum Gasteiger partial charge on any atom is 0.303 e. The molecule has 0 unspecified atom stereocenters. The lowest BCUT2D eigenvalue weighted by molar-refractivity contribution is -0.137. The molecule has 4 nitrogen and oxygen atoms in total. The van der Waals surface area contributed by atoms with Gasteiger partial charge in [0.25, 0.3) is 0 Å². The highest BCUT2D eigenvalue weighted by Crippen LogP contribution is 2.15. The van der Waals surface area contributed by atoms with E-state index in [0.717, 1.165) is 31.5 Å². The summed E-state index contributed by atoms with van der Waals surface area (Å²) in [7, 11) is 1.98. The predicted molar refractivity (Wildman–Crippen MR) is 70.5 cm³/mol. The van der Waals surface area contributed by atoms with Gasteiger partial charge in [-0.15, -0.1) is 0 Å². The number of carboxylic acid groups (broad SMARTS) is 1. The molecule has 0 heterocycles. The van der Waals surface area contributed by atoms with Crippen molar-refractivity contribution in [1.82, 2.24) is 0 Å². The summed E-state index contributed by atoms with van der Waals surface area (Å²) in [6.45, 7) is 0.870. The highest BCUT2D eigenvalue weighted by atomic mass is 16.4. The van der Waals surface area contributed by atoms with E-state index in [1.165, 1.54) is 0 Å². The second-order valence-electron chi connectivity index (χ2n) is 4.29. The van der Waals surface area contributed by atoms with Gasteiger partial charge in [0.05, 0.1) is 11.6 Å². The largest absolute Gasteiger partial charge is 0.481 e. The maximum atomic E-state index is 10.3. The van der Waals surface area contributed by atoms with Crippen LogP contribution in [0, 0.1) is 11.3 Å². The Morgan fingerprint density at radius 1 is 1.39 bits per heavy atom. The first kappa shape index (κ1) is 14.0. The molecule has 0 spiro atoms. The Hall–Kier alpha value is -2.02. The minimum atomic E-state index is -0.731. The monoisotopic (exact) mass is 246 g/mol. The van der Waals surface area contributed by atoms with Crippen LogP contribution >= 0.6 is 0 Å². The van der Waals surface area contributed by atoms with Gasteiger partial charge in [0.1, 0.15) is 0 Å². The molecule has 1 aromatic carbocycles. The van der Waals surface area contributed by atoms with Crippen LogP contribution in [-0.2, 0) is 4.79 Å². The third kappa shape index (κ3) is 4.88. The Bertz CT molecular complexity index is 438. The number of anilines is 1. The predicted octanol–water partition coefficient (Wildman–Crippen LogP) is 2.64. The van der Waals surface area contributed by atoms with Crippen molar-refractivity contribution in [2.75, 3.05) is 18.5 Å². The van der Waals surface area contributed by atoms with Crippen LogP contribution in [0.1, 0.15) is 31.2 Å². The van der Waals surface area contributed by atoms with Gasteiger partial charge < -0.3 is 10.0 Å². The number of benzene rings is 1. The number of carbonyl (C=O) groups is 1. The number of hydrogen-bond acceptors (Lipinski definition) is 3. The normalized spacial score (nSPS) is 9.78. The first-order valence-electron chi connectivity index (χ1n) is 6.06. The molecule has 18 heavy (non-hydrogen) atoms. The van der Waals surface area contributed by atoms with E-state index in [-0.39, 0.29) is 6.42 Å². The van der Waals surface area contributed by atoms with Crippen LogP contribution in [0.4, 0.5) is 5.69 Å². The number of rotatable bonds is 7. The van der Waals surface area contributed by atoms with Crippen molar-refractivity contribution in [3.05, 3.63) is 29.8 Å². The van der Waals surface area contributed by atoms with E-state index in [0.29, 0.717) is 5.56 Å². The first-order valence-corrected chi connectivity index (χ1v) is 6.06. The standard InChI is InChI=1S/C14H18N2O2/c1-16(9-4-2-3-8-14(17)18)13-7-5-6-12(10-13)11-15/h5-7,10H,2-4,8-9H2,1H3,(H,17,18). The van der Waals surface area contributed by atoms with Crippen molar-refractivity contribution in [3.63, 3.8) is 0 Å². The average molecular weight is 246 g/mol. The highest BCUT2D eigenvalue weighted by molar-refractivity contribution is 5.66. The summed E-state index contributed by atoms with van der Waals surface area (Å²) in [5.41, 5.74) is 1.68. The van der Waals surface area contributed by atoms with Crippen LogP contribution in [0.2, 0.25) is 0 Å². The molecule has 0 bridgehead atoms. The van der Waals surface area contributed by atoms with Gasteiger partial charge in [0.15, 0.2) is 0 Å². The van der Waals surface area contributed by atoms with Gasteiger partial charge >= 0.3 is 5.97 Å². The van der Waals surface area contributed by atoms with Gasteiger partial charge in [-0.1, -0.05) is 12.5 Å². The van der Waals surface area contributed by atoms with Crippen LogP contribution in [0.3, 0.4) is 0 Å². The van der Waals surface area contributed by atoms with Crippen molar-refractivity contribution in [1.29, 1.82) is 5.26 Å². The minimum Gasteiger partial charge on any atom is -0.481 e. The summed E-state index contributed by atoms with van der Waals surface area (Å²) in [5.74, 6) is -0.731. The Kier molecular flexibility index (Phi) is 5.72. The molecule has 1 N–H and O–H groups in total. The fourth-order valence-electron chi connectivity index (χ4n) is 1.74. The van der Waals surface area contributed by atoms with Crippen LogP contribution in [-0.4, -0.2) is 24.7 Å². The molecule has 0 atom stereocenters. The molecular weight excluding hydrogens is 228 g/mol. The zero-order valence-electron chi connectivity index (χ0n) is 10.6. The lowest BCUT2D eigenvalue weighted by Gasteiger charge is -2.19. The molecule has 0 aromatic heterocycles.